The van der Waals surface area contributed by atoms with Crippen LogP contribution in [0.4, 0.5) is 4.79 Å². The summed E-state index contributed by atoms with van der Waals surface area (Å²) in [5.74, 6) is 0.539. The summed E-state index contributed by atoms with van der Waals surface area (Å²) in [5.41, 5.74) is 1.48. The molecule has 0 saturated heterocycles. The zero-order chi connectivity index (χ0) is 17.6. The molecule has 0 heterocycles. The number of hydrogen-bond donors (Lipinski definition) is 1. The number of nitrogens with zero attached hydrogens (tertiary/aromatic N) is 1. The Morgan fingerprint density at radius 1 is 1.12 bits per heavy atom. The molecule has 2 aromatic carbocycles. The topological polar surface area (TPSA) is 94.1 Å². The SMILES string of the molecule is COc1ccccc1/C=N\OC(=O)NS(=O)(=O)c1ccc(C)cc1. The number of para-hydroxylation sites is 1. The molecule has 1 N–H and O–H groups in total. The number of hydrogen-bond acceptors (Lipinski definition) is 6. The van der Waals surface area contributed by atoms with Gasteiger partial charge in [-0.15, -0.1) is 0 Å². The van der Waals surface area contributed by atoms with E-state index in [0.717, 1.165) is 5.56 Å². The zero-order valence-electron chi connectivity index (χ0n) is 13.1. The fourth-order valence-electron chi connectivity index (χ4n) is 1.81. The van der Waals surface area contributed by atoms with Gasteiger partial charge in [0.05, 0.1) is 18.2 Å². The van der Waals surface area contributed by atoms with E-state index in [1.165, 1.54) is 25.5 Å². The first kappa shape index (κ1) is 17.5. The number of aryl methyl sites for hydroxylation is 1. The van der Waals surface area contributed by atoms with E-state index in [0.29, 0.717) is 11.3 Å². The maximum atomic E-state index is 12.0. The smallest absolute Gasteiger partial charge is 0.447 e. The minimum Gasteiger partial charge on any atom is -0.496 e. The Morgan fingerprint density at radius 2 is 1.79 bits per heavy atom. The molecule has 0 saturated carbocycles. The zero-order valence-corrected chi connectivity index (χ0v) is 13.9. The van der Waals surface area contributed by atoms with Crippen molar-refractivity contribution >= 4 is 22.3 Å². The summed E-state index contributed by atoms with van der Waals surface area (Å²) in [5, 5.41) is 3.46. The molecule has 0 aliphatic rings. The van der Waals surface area contributed by atoms with Gasteiger partial charge in [-0.1, -0.05) is 35.0 Å². The molecule has 0 aliphatic heterocycles. The van der Waals surface area contributed by atoms with Crippen molar-refractivity contribution in [3.05, 3.63) is 59.7 Å². The van der Waals surface area contributed by atoms with Crippen molar-refractivity contribution in [2.45, 2.75) is 11.8 Å². The summed E-state index contributed by atoms with van der Waals surface area (Å²) in [7, 11) is -2.51. The van der Waals surface area contributed by atoms with Crippen molar-refractivity contribution in [2.75, 3.05) is 7.11 Å². The van der Waals surface area contributed by atoms with Crippen molar-refractivity contribution in [3.8, 4) is 5.75 Å². The van der Waals surface area contributed by atoms with Crippen molar-refractivity contribution in [1.82, 2.24) is 4.72 Å². The Hall–Kier alpha value is -2.87. The Bertz CT molecular complexity index is 845. The van der Waals surface area contributed by atoms with Gasteiger partial charge < -0.3 is 4.74 Å². The van der Waals surface area contributed by atoms with Crippen molar-refractivity contribution in [1.29, 1.82) is 0 Å². The minimum absolute atomic E-state index is 0.0428. The van der Waals surface area contributed by atoms with Gasteiger partial charge in [-0.25, -0.2) is 17.9 Å². The first-order chi connectivity index (χ1) is 11.4. The lowest BCUT2D eigenvalue weighted by Crippen LogP contribution is -2.30. The maximum Gasteiger partial charge on any atom is 0.447 e. The molecule has 7 nitrogen and oxygen atoms in total. The molecular weight excluding hydrogens is 332 g/mol. The number of ether oxygens (including phenoxy) is 1. The maximum absolute atomic E-state index is 12.0. The predicted octanol–water partition coefficient (Wildman–Crippen LogP) is 2.45. The highest BCUT2D eigenvalue weighted by Gasteiger charge is 2.18. The number of amides is 1. The fraction of sp³-hybridized carbons (Fsp3) is 0.125. The van der Waals surface area contributed by atoms with E-state index in [1.54, 1.807) is 41.1 Å². The van der Waals surface area contributed by atoms with Crippen LogP contribution in [0.3, 0.4) is 0 Å². The third-order valence-electron chi connectivity index (χ3n) is 3.02. The number of oxime groups is 1. The highest BCUT2D eigenvalue weighted by Crippen LogP contribution is 2.14. The van der Waals surface area contributed by atoms with Gasteiger partial charge in [-0.05, 0) is 31.2 Å². The molecule has 126 valence electrons. The van der Waals surface area contributed by atoms with Gasteiger partial charge in [0.2, 0.25) is 0 Å². The average molecular weight is 348 g/mol. The molecule has 0 fully saturated rings. The van der Waals surface area contributed by atoms with Crippen LogP contribution >= 0.6 is 0 Å². The largest absolute Gasteiger partial charge is 0.496 e. The van der Waals surface area contributed by atoms with Gasteiger partial charge >= 0.3 is 6.09 Å². The summed E-state index contributed by atoms with van der Waals surface area (Å²) >= 11 is 0. The first-order valence-corrected chi connectivity index (χ1v) is 8.37. The van der Waals surface area contributed by atoms with Crippen molar-refractivity contribution in [3.63, 3.8) is 0 Å². The Balaban J connectivity index is 2.00. The summed E-state index contributed by atoms with van der Waals surface area (Å²) in [6.07, 6.45) is 0.0402. The van der Waals surface area contributed by atoms with Crippen LogP contribution < -0.4 is 9.46 Å². The van der Waals surface area contributed by atoms with E-state index < -0.39 is 16.1 Å². The first-order valence-electron chi connectivity index (χ1n) is 6.89. The summed E-state index contributed by atoms with van der Waals surface area (Å²) < 4.78 is 30.9. The molecule has 0 atom stereocenters. The van der Waals surface area contributed by atoms with Crippen molar-refractivity contribution in [2.24, 2.45) is 5.16 Å². The van der Waals surface area contributed by atoms with Gasteiger partial charge in [0.1, 0.15) is 5.75 Å². The van der Waals surface area contributed by atoms with E-state index in [1.807, 2.05) is 6.92 Å². The number of benzene rings is 2. The van der Waals surface area contributed by atoms with Gasteiger partial charge in [0.25, 0.3) is 10.0 Å². The molecule has 0 radical (unpaired) electrons. The lowest BCUT2D eigenvalue weighted by molar-refractivity contribution is 0.158. The molecule has 1 amide bonds. The lowest BCUT2D eigenvalue weighted by atomic mass is 10.2. The van der Waals surface area contributed by atoms with Gasteiger partial charge in [0, 0.05) is 5.56 Å². The van der Waals surface area contributed by atoms with Crippen LogP contribution in [0.15, 0.2) is 58.6 Å². The van der Waals surface area contributed by atoms with Crippen LogP contribution in [0.25, 0.3) is 0 Å². The third kappa shape index (κ3) is 4.56. The summed E-state index contributed by atoms with van der Waals surface area (Å²) in [6, 6.07) is 13.0. The quantitative estimate of drug-likeness (QED) is 0.509. The summed E-state index contributed by atoms with van der Waals surface area (Å²) in [6.45, 7) is 1.82. The molecule has 0 aromatic heterocycles. The molecule has 0 aliphatic carbocycles. The van der Waals surface area contributed by atoms with Crippen molar-refractivity contribution < 1.29 is 22.8 Å². The minimum atomic E-state index is -4.01. The fourth-order valence-corrected chi connectivity index (χ4v) is 2.68. The van der Waals surface area contributed by atoms with Crippen LogP contribution in [-0.2, 0) is 14.9 Å². The van der Waals surface area contributed by atoms with Gasteiger partial charge in [-0.2, -0.15) is 0 Å². The Kier molecular flexibility index (Phi) is 5.54. The third-order valence-corrected chi connectivity index (χ3v) is 4.34. The summed E-state index contributed by atoms with van der Waals surface area (Å²) in [4.78, 5) is 16.1. The normalized spacial score (nSPS) is 11.2. The second-order valence-corrected chi connectivity index (χ2v) is 6.46. The molecule has 8 heteroatoms. The van der Waals surface area contributed by atoms with E-state index in [4.69, 9.17) is 4.74 Å². The highest BCUT2D eigenvalue weighted by molar-refractivity contribution is 7.90. The van der Waals surface area contributed by atoms with Gasteiger partial charge in [0.15, 0.2) is 0 Å². The van der Waals surface area contributed by atoms with E-state index >= 15 is 0 Å². The van der Waals surface area contributed by atoms with E-state index in [9.17, 15) is 13.2 Å². The van der Waals surface area contributed by atoms with Gasteiger partial charge in [-0.3, -0.25) is 4.84 Å². The number of sulfonamides is 1. The van der Waals surface area contributed by atoms with Crippen LogP contribution in [0, 0.1) is 6.92 Å². The predicted molar refractivity (Wildman–Crippen MR) is 88.6 cm³/mol. The molecule has 0 unspecified atom stereocenters. The molecular formula is C16H16N2O5S. The monoisotopic (exact) mass is 348 g/mol. The molecule has 0 bridgehead atoms. The second-order valence-electron chi connectivity index (χ2n) is 4.77. The molecule has 0 spiro atoms. The number of methoxy groups -OCH3 is 1. The van der Waals surface area contributed by atoms with Crippen LogP contribution in [0.1, 0.15) is 11.1 Å². The second kappa shape index (κ2) is 7.60. The molecule has 2 aromatic rings. The highest BCUT2D eigenvalue weighted by atomic mass is 32.2. The van der Waals surface area contributed by atoms with Crippen LogP contribution in [0.5, 0.6) is 5.75 Å². The van der Waals surface area contributed by atoms with Crippen LogP contribution in [0.2, 0.25) is 0 Å². The van der Waals surface area contributed by atoms with E-state index in [-0.39, 0.29) is 4.90 Å². The lowest BCUT2D eigenvalue weighted by Gasteiger charge is -2.05. The molecule has 2 rings (SSSR count). The number of carbonyl (C=O) groups excluding carboxylic acids is 1. The molecule has 24 heavy (non-hydrogen) atoms. The van der Waals surface area contributed by atoms with Crippen LogP contribution in [-0.4, -0.2) is 27.8 Å². The Labute approximate surface area is 139 Å². The number of rotatable bonds is 5. The number of nitrogens with one attached hydrogen (secondary N) is 1. The standard InChI is InChI=1S/C16H16N2O5S/c1-12-7-9-14(10-8-12)24(20,21)18-16(19)23-17-11-13-5-3-4-6-15(13)22-2/h3-11H,1-2H3,(H,18,19)/b17-11-. The number of carbonyl (C=O) groups is 1. The Morgan fingerprint density at radius 3 is 2.46 bits per heavy atom. The average Bonchev–Trinajstić information content (AvgIpc) is 2.55. The van der Waals surface area contributed by atoms with E-state index in [2.05, 4.69) is 9.99 Å².